The smallest absolute Gasteiger partial charge is 0.326 e. The van der Waals surface area contributed by atoms with Crippen molar-refractivity contribution in [2.24, 2.45) is 10.8 Å². The molecular formula is C17H31NO3. The van der Waals surface area contributed by atoms with Crippen molar-refractivity contribution in [2.45, 2.75) is 71.4 Å². The molecule has 1 aliphatic carbocycles. The van der Waals surface area contributed by atoms with Crippen LogP contribution in [0.3, 0.4) is 0 Å². The maximum absolute atomic E-state index is 12.5. The topological polar surface area (TPSA) is 47.6 Å². The number of nitrogens with one attached hydrogen (secondary N) is 1. The molecule has 1 N–H and O–H groups in total. The van der Waals surface area contributed by atoms with Gasteiger partial charge in [0.05, 0.1) is 13.2 Å². The summed E-state index contributed by atoms with van der Waals surface area (Å²) in [4.78, 5) is 12.5. The predicted molar refractivity (Wildman–Crippen MR) is 83.1 cm³/mol. The lowest BCUT2D eigenvalue weighted by Crippen LogP contribution is -2.61. The van der Waals surface area contributed by atoms with Gasteiger partial charge in [0.15, 0.2) is 0 Å². The first-order valence-electron chi connectivity index (χ1n) is 8.13. The fourth-order valence-corrected chi connectivity index (χ4v) is 4.77. The van der Waals surface area contributed by atoms with Gasteiger partial charge in [0.1, 0.15) is 5.54 Å². The Balaban J connectivity index is 2.17. The monoisotopic (exact) mass is 297 g/mol. The van der Waals surface area contributed by atoms with Crippen molar-refractivity contribution in [3.05, 3.63) is 0 Å². The van der Waals surface area contributed by atoms with E-state index in [-0.39, 0.29) is 22.9 Å². The van der Waals surface area contributed by atoms with Crippen molar-refractivity contribution >= 4 is 5.97 Å². The Kier molecular flexibility index (Phi) is 4.69. The average Bonchev–Trinajstić information content (AvgIpc) is 2.84. The van der Waals surface area contributed by atoms with Crippen LogP contribution in [0, 0.1) is 10.8 Å². The third-order valence-corrected chi connectivity index (χ3v) is 4.79. The summed E-state index contributed by atoms with van der Waals surface area (Å²) in [5.41, 5.74) is -0.328. The molecule has 2 rings (SSSR count). The number of esters is 1. The van der Waals surface area contributed by atoms with Gasteiger partial charge < -0.3 is 9.47 Å². The van der Waals surface area contributed by atoms with Crippen LogP contribution < -0.4 is 5.32 Å². The van der Waals surface area contributed by atoms with Gasteiger partial charge in [0, 0.05) is 13.2 Å². The average molecular weight is 297 g/mol. The van der Waals surface area contributed by atoms with Crippen molar-refractivity contribution in [3.8, 4) is 0 Å². The Hall–Kier alpha value is -0.610. The lowest BCUT2D eigenvalue weighted by Gasteiger charge is -2.51. The van der Waals surface area contributed by atoms with Crippen LogP contribution in [0.15, 0.2) is 0 Å². The van der Waals surface area contributed by atoms with Crippen LogP contribution in [-0.2, 0) is 14.3 Å². The SMILES string of the molecule is COC(=O)C1(NCC2CCCO2)CC(C)(C)CC(C)(C)C1. The molecule has 2 fully saturated rings. The van der Waals surface area contributed by atoms with Gasteiger partial charge in [0.25, 0.3) is 0 Å². The summed E-state index contributed by atoms with van der Waals surface area (Å²) in [7, 11) is 1.49. The number of carbonyl (C=O) groups is 1. The van der Waals surface area contributed by atoms with E-state index in [4.69, 9.17) is 9.47 Å². The molecule has 1 aliphatic heterocycles. The maximum Gasteiger partial charge on any atom is 0.326 e. The molecule has 0 aromatic carbocycles. The van der Waals surface area contributed by atoms with Crippen molar-refractivity contribution in [1.82, 2.24) is 5.32 Å². The number of carbonyl (C=O) groups excluding carboxylic acids is 1. The fraction of sp³-hybridized carbons (Fsp3) is 0.941. The van der Waals surface area contributed by atoms with E-state index in [1.54, 1.807) is 0 Å². The van der Waals surface area contributed by atoms with Gasteiger partial charge in [-0.25, -0.2) is 0 Å². The molecule has 1 heterocycles. The van der Waals surface area contributed by atoms with Crippen molar-refractivity contribution in [1.29, 1.82) is 0 Å². The van der Waals surface area contributed by atoms with Gasteiger partial charge in [-0.15, -0.1) is 0 Å². The summed E-state index contributed by atoms with van der Waals surface area (Å²) in [6.45, 7) is 10.6. The molecule has 1 unspecified atom stereocenters. The van der Waals surface area contributed by atoms with Gasteiger partial charge in [-0.2, -0.15) is 0 Å². The zero-order valence-electron chi connectivity index (χ0n) is 14.3. The molecule has 0 bridgehead atoms. The van der Waals surface area contributed by atoms with E-state index in [1.165, 1.54) is 7.11 Å². The lowest BCUT2D eigenvalue weighted by molar-refractivity contribution is -0.155. The van der Waals surface area contributed by atoms with Crippen LogP contribution in [0.1, 0.15) is 59.8 Å². The molecule has 0 radical (unpaired) electrons. The quantitative estimate of drug-likeness (QED) is 0.811. The second-order valence-electron chi connectivity index (χ2n) is 8.45. The highest BCUT2D eigenvalue weighted by molar-refractivity contribution is 5.81. The maximum atomic E-state index is 12.5. The molecular weight excluding hydrogens is 266 g/mol. The number of ether oxygens (including phenoxy) is 2. The van der Waals surface area contributed by atoms with E-state index in [9.17, 15) is 4.79 Å². The Labute approximate surface area is 129 Å². The summed E-state index contributed by atoms with van der Waals surface area (Å²) >= 11 is 0. The van der Waals surface area contributed by atoms with Gasteiger partial charge >= 0.3 is 5.97 Å². The second kappa shape index (κ2) is 5.88. The molecule has 0 aromatic heterocycles. The van der Waals surface area contributed by atoms with Gasteiger partial charge in [-0.3, -0.25) is 10.1 Å². The molecule has 1 atom stereocenters. The van der Waals surface area contributed by atoms with Crippen LogP contribution in [0.2, 0.25) is 0 Å². The van der Waals surface area contributed by atoms with E-state index < -0.39 is 5.54 Å². The van der Waals surface area contributed by atoms with Crippen LogP contribution >= 0.6 is 0 Å². The summed E-state index contributed by atoms with van der Waals surface area (Å²) in [5.74, 6) is -0.124. The standard InChI is InChI=1S/C17H31NO3/c1-15(2)10-16(3,4)12-17(11-15,14(19)20-5)18-9-13-7-6-8-21-13/h13,18H,6-12H2,1-5H3. The van der Waals surface area contributed by atoms with E-state index in [0.29, 0.717) is 0 Å². The molecule has 122 valence electrons. The van der Waals surface area contributed by atoms with Gasteiger partial charge in [-0.1, -0.05) is 27.7 Å². The molecule has 4 nitrogen and oxygen atoms in total. The first kappa shape index (κ1) is 16.8. The molecule has 1 saturated carbocycles. The van der Waals surface area contributed by atoms with Crippen molar-refractivity contribution in [3.63, 3.8) is 0 Å². The first-order chi connectivity index (χ1) is 9.68. The number of hydrogen-bond donors (Lipinski definition) is 1. The molecule has 0 aromatic rings. The summed E-state index contributed by atoms with van der Waals surface area (Å²) < 4.78 is 10.8. The molecule has 0 spiro atoms. The largest absolute Gasteiger partial charge is 0.468 e. The van der Waals surface area contributed by atoms with Crippen LogP contribution in [0.25, 0.3) is 0 Å². The van der Waals surface area contributed by atoms with Gasteiger partial charge in [0.2, 0.25) is 0 Å². The predicted octanol–water partition coefficient (Wildman–Crippen LogP) is 2.90. The zero-order chi connectivity index (χ0) is 15.7. The van der Waals surface area contributed by atoms with Crippen molar-refractivity contribution in [2.75, 3.05) is 20.3 Å². The van der Waals surface area contributed by atoms with Crippen LogP contribution in [0.4, 0.5) is 0 Å². The van der Waals surface area contributed by atoms with Crippen molar-refractivity contribution < 1.29 is 14.3 Å². The third-order valence-electron chi connectivity index (χ3n) is 4.79. The minimum atomic E-state index is -0.577. The third kappa shape index (κ3) is 3.98. The second-order valence-corrected chi connectivity index (χ2v) is 8.45. The Bertz CT molecular complexity index is 367. The summed E-state index contributed by atoms with van der Waals surface area (Å²) in [6, 6.07) is 0. The van der Waals surface area contributed by atoms with E-state index in [1.807, 2.05) is 0 Å². The normalized spacial score (nSPS) is 30.0. The molecule has 21 heavy (non-hydrogen) atoms. The molecule has 1 saturated heterocycles. The number of hydrogen-bond acceptors (Lipinski definition) is 4. The Morgan fingerprint density at radius 3 is 2.29 bits per heavy atom. The zero-order valence-corrected chi connectivity index (χ0v) is 14.3. The summed E-state index contributed by atoms with van der Waals surface area (Å²) in [5, 5.41) is 3.54. The summed E-state index contributed by atoms with van der Waals surface area (Å²) in [6.07, 6.45) is 5.21. The Morgan fingerprint density at radius 2 is 1.81 bits per heavy atom. The number of methoxy groups -OCH3 is 1. The van der Waals surface area contributed by atoms with E-state index >= 15 is 0 Å². The molecule has 2 aliphatic rings. The van der Waals surface area contributed by atoms with E-state index in [0.717, 1.165) is 45.3 Å². The first-order valence-corrected chi connectivity index (χ1v) is 8.13. The van der Waals surface area contributed by atoms with Crippen LogP contribution in [0.5, 0.6) is 0 Å². The van der Waals surface area contributed by atoms with Crippen LogP contribution in [-0.4, -0.2) is 37.9 Å². The molecule has 4 heteroatoms. The highest BCUT2D eigenvalue weighted by Gasteiger charge is 2.52. The van der Waals surface area contributed by atoms with Gasteiger partial charge in [-0.05, 0) is 42.9 Å². The highest BCUT2D eigenvalue weighted by atomic mass is 16.5. The minimum absolute atomic E-state index is 0.124. The highest BCUT2D eigenvalue weighted by Crippen LogP contribution is 2.50. The molecule has 0 amide bonds. The lowest BCUT2D eigenvalue weighted by atomic mass is 9.58. The van der Waals surface area contributed by atoms with E-state index in [2.05, 4.69) is 33.0 Å². The minimum Gasteiger partial charge on any atom is -0.468 e. The Morgan fingerprint density at radius 1 is 1.19 bits per heavy atom. The number of rotatable bonds is 4. The fourth-order valence-electron chi connectivity index (χ4n) is 4.77.